The van der Waals surface area contributed by atoms with E-state index in [4.69, 9.17) is 4.74 Å². The molecule has 0 aromatic carbocycles. The van der Waals surface area contributed by atoms with E-state index in [-0.39, 0.29) is 11.4 Å². The quantitative estimate of drug-likeness (QED) is 0.0935. The first kappa shape index (κ1) is 32.5. The van der Waals surface area contributed by atoms with Crippen LogP contribution in [-0.4, -0.2) is 12.6 Å². The molecule has 0 aliphatic rings. The number of carbonyl (C=O) groups is 1. The van der Waals surface area contributed by atoms with Crippen molar-refractivity contribution in [2.75, 3.05) is 6.61 Å². The maximum Gasteiger partial charge on any atom is 0.311 e. The second kappa shape index (κ2) is 24.6. The lowest BCUT2D eigenvalue weighted by molar-refractivity contribution is -0.156. The van der Waals surface area contributed by atoms with Gasteiger partial charge in [-0.15, -0.1) is 0 Å². The first-order valence-electron chi connectivity index (χ1n) is 15.3. The molecule has 2 nitrogen and oxygen atoms in total. The Kier molecular flexibility index (Phi) is 24.2. The van der Waals surface area contributed by atoms with Gasteiger partial charge >= 0.3 is 5.97 Å². The number of carbonyl (C=O) groups excluding carboxylic acids is 1. The van der Waals surface area contributed by atoms with Crippen molar-refractivity contribution >= 4 is 5.97 Å². The molecule has 0 amide bonds. The fourth-order valence-corrected chi connectivity index (χ4v) is 4.85. The van der Waals surface area contributed by atoms with Gasteiger partial charge in [-0.25, -0.2) is 0 Å². The molecule has 33 heavy (non-hydrogen) atoms. The number of unbranched alkanes of at least 4 members (excludes halogenated alkanes) is 19. The van der Waals surface area contributed by atoms with Crippen LogP contribution in [0, 0.1) is 5.41 Å². The normalized spacial score (nSPS) is 13.2. The van der Waals surface area contributed by atoms with Gasteiger partial charge in [-0.1, -0.05) is 156 Å². The molecule has 0 N–H and O–H groups in total. The first-order valence-corrected chi connectivity index (χ1v) is 15.3. The Balaban J connectivity index is 4.00. The molecule has 0 bridgehead atoms. The molecule has 0 aromatic heterocycles. The van der Waals surface area contributed by atoms with Crippen LogP contribution < -0.4 is 0 Å². The third-order valence-electron chi connectivity index (χ3n) is 7.39. The largest absolute Gasteiger partial charge is 0.465 e. The van der Waals surface area contributed by atoms with Crippen LogP contribution in [0.5, 0.6) is 0 Å². The maximum atomic E-state index is 13.0. The van der Waals surface area contributed by atoms with Crippen molar-refractivity contribution in [1.82, 2.24) is 0 Å². The van der Waals surface area contributed by atoms with Crippen LogP contribution in [0.25, 0.3) is 0 Å². The summed E-state index contributed by atoms with van der Waals surface area (Å²) in [6, 6.07) is 0. The van der Waals surface area contributed by atoms with Gasteiger partial charge < -0.3 is 4.74 Å². The zero-order chi connectivity index (χ0) is 24.5. The van der Waals surface area contributed by atoms with E-state index in [1.54, 1.807) is 0 Å². The van der Waals surface area contributed by atoms with E-state index in [1.165, 1.54) is 128 Å². The third-order valence-corrected chi connectivity index (χ3v) is 7.39. The highest BCUT2D eigenvalue weighted by molar-refractivity contribution is 5.76. The minimum atomic E-state index is -0.269. The summed E-state index contributed by atoms with van der Waals surface area (Å²) in [6.45, 7) is 9.59. The molecule has 0 rings (SSSR count). The Morgan fingerprint density at radius 3 is 1.21 bits per heavy atom. The van der Waals surface area contributed by atoms with Crippen molar-refractivity contribution in [1.29, 1.82) is 0 Å². The van der Waals surface area contributed by atoms with Gasteiger partial charge in [0.05, 0.1) is 12.0 Å². The fraction of sp³-hybridized carbons (Fsp3) is 0.968. The van der Waals surface area contributed by atoms with Crippen molar-refractivity contribution in [3.63, 3.8) is 0 Å². The van der Waals surface area contributed by atoms with Crippen LogP contribution in [0.3, 0.4) is 0 Å². The molecule has 0 aliphatic carbocycles. The van der Waals surface area contributed by atoms with Crippen molar-refractivity contribution in [3.8, 4) is 0 Å². The molecular weight excluding hydrogens is 404 g/mol. The number of rotatable bonds is 26. The van der Waals surface area contributed by atoms with E-state index in [1.807, 2.05) is 0 Å². The Morgan fingerprint density at radius 2 is 0.788 bits per heavy atom. The molecule has 0 spiro atoms. The van der Waals surface area contributed by atoms with Crippen LogP contribution in [0.1, 0.15) is 182 Å². The van der Waals surface area contributed by atoms with Gasteiger partial charge in [0, 0.05) is 0 Å². The second-order valence-electron chi connectivity index (χ2n) is 10.9. The molecule has 198 valence electrons. The van der Waals surface area contributed by atoms with Crippen molar-refractivity contribution < 1.29 is 9.53 Å². The van der Waals surface area contributed by atoms with Gasteiger partial charge in [-0.05, 0) is 26.2 Å². The van der Waals surface area contributed by atoms with Crippen LogP contribution in [-0.2, 0) is 9.53 Å². The Bertz CT molecular complexity index is 406. The van der Waals surface area contributed by atoms with Gasteiger partial charge in [-0.2, -0.15) is 0 Å². The molecule has 0 aliphatic heterocycles. The minimum Gasteiger partial charge on any atom is -0.465 e. The highest BCUT2D eigenvalue weighted by Gasteiger charge is 2.33. The maximum absolute atomic E-state index is 13.0. The third kappa shape index (κ3) is 20.5. The molecular formula is C31H62O2. The van der Waals surface area contributed by atoms with Gasteiger partial charge in [0.1, 0.15) is 0 Å². The standard InChI is InChI=1S/C31H62O2/c1-5-8-11-13-15-17-18-20-22-25-28-31(4,27-24-10-7-3)30(32)33-29-26-23-21-19-16-14-12-9-6-2/h5-29H2,1-4H3. The lowest BCUT2D eigenvalue weighted by Gasteiger charge is -2.27. The fourth-order valence-electron chi connectivity index (χ4n) is 4.85. The summed E-state index contributed by atoms with van der Waals surface area (Å²) >= 11 is 0. The van der Waals surface area contributed by atoms with Crippen LogP contribution in [0.15, 0.2) is 0 Å². The molecule has 0 aromatic rings. The second-order valence-corrected chi connectivity index (χ2v) is 10.9. The van der Waals surface area contributed by atoms with E-state index < -0.39 is 0 Å². The predicted octanol–water partition coefficient (Wildman–Crippen LogP) is 11.0. The summed E-state index contributed by atoms with van der Waals surface area (Å²) < 4.78 is 5.80. The zero-order valence-electron chi connectivity index (χ0n) is 23.5. The molecule has 2 heteroatoms. The number of hydrogen-bond acceptors (Lipinski definition) is 2. The zero-order valence-corrected chi connectivity index (χ0v) is 23.5. The summed E-state index contributed by atoms with van der Waals surface area (Å²) in [7, 11) is 0. The molecule has 0 heterocycles. The highest BCUT2D eigenvalue weighted by atomic mass is 16.5. The van der Waals surface area contributed by atoms with E-state index in [0.717, 1.165) is 25.7 Å². The molecule has 0 radical (unpaired) electrons. The van der Waals surface area contributed by atoms with Crippen molar-refractivity contribution in [2.24, 2.45) is 5.41 Å². The number of esters is 1. The SMILES string of the molecule is CCCCCCCCCCCCC(C)(CCCCC)C(=O)OCCCCCCCCCCC. The van der Waals surface area contributed by atoms with Gasteiger partial charge in [0.2, 0.25) is 0 Å². The first-order chi connectivity index (χ1) is 16.1. The van der Waals surface area contributed by atoms with Crippen molar-refractivity contribution in [3.05, 3.63) is 0 Å². The monoisotopic (exact) mass is 466 g/mol. The molecule has 0 fully saturated rings. The van der Waals surface area contributed by atoms with Crippen molar-refractivity contribution in [2.45, 2.75) is 182 Å². The Hall–Kier alpha value is -0.530. The predicted molar refractivity (Wildman–Crippen MR) is 147 cm³/mol. The summed E-state index contributed by atoms with van der Waals surface area (Å²) in [5, 5.41) is 0. The van der Waals surface area contributed by atoms with E-state index in [2.05, 4.69) is 27.7 Å². The summed E-state index contributed by atoms with van der Waals surface area (Å²) in [5.74, 6) is 0.0779. The Labute approximate surface area is 209 Å². The van der Waals surface area contributed by atoms with Crippen LogP contribution >= 0.6 is 0 Å². The lowest BCUT2D eigenvalue weighted by Crippen LogP contribution is -2.30. The highest BCUT2D eigenvalue weighted by Crippen LogP contribution is 2.33. The molecule has 1 atom stereocenters. The molecule has 0 saturated carbocycles. The lowest BCUT2D eigenvalue weighted by atomic mass is 9.79. The number of hydrogen-bond donors (Lipinski definition) is 0. The summed E-state index contributed by atoms with van der Waals surface area (Å²) in [4.78, 5) is 13.0. The smallest absolute Gasteiger partial charge is 0.311 e. The molecule has 1 unspecified atom stereocenters. The summed E-state index contributed by atoms with van der Waals surface area (Å²) in [6.07, 6.45) is 30.8. The molecule has 0 saturated heterocycles. The van der Waals surface area contributed by atoms with E-state index >= 15 is 0 Å². The van der Waals surface area contributed by atoms with Crippen LogP contribution in [0.4, 0.5) is 0 Å². The Morgan fingerprint density at radius 1 is 0.485 bits per heavy atom. The van der Waals surface area contributed by atoms with E-state index in [9.17, 15) is 4.79 Å². The average Bonchev–Trinajstić information content (AvgIpc) is 2.81. The summed E-state index contributed by atoms with van der Waals surface area (Å²) in [5.41, 5.74) is -0.269. The van der Waals surface area contributed by atoms with E-state index in [0.29, 0.717) is 6.61 Å². The minimum absolute atomic E-state index is 0.0779. The number of ether oxygens (including phenoxy) is 1. The average molecular weight is 467 g/mol. The van der Waals surface area contributed by atoms with Gasteiger partial charge in [0.15, 0.2) is 0 Å². The topological polar surface area (TPSA) is 26.3 Å². The van der Waals surface area contributed by atoms with Crippen LogP contribution in [0.2, 0.25) is 0 Å². The van der Waals surface area contributed by atoms with Gasteiger partial charge in [-0.3, -0.25) is 4.79 Å². The van der Waals surface area contributed by atoms with Gasteiger partial charge in [0.25, 0.3) is 0 Å².